The van der Waals surface area contributed by atoms with Crippen molar-refractivity contribution in [1.82, 2.24) is 9.78 Å². The summed E-state index contributed by atoms with van der Waals surface area (Å²) in [6.45, 7) is 9.51. The van der Waals surface area contributed by atoms with Crippen LogP contribution in [0.25, 0.3) is 0 Å². The minimum atomic E-state index is -0.770. The van der Waals surface area contributed by atoms with Crippen LogP contribution in [-0.4, -0.2) is 28.6 Å². The summed E-state index contributed by atoms with van der Waals surface area (Å²) in [5, 5.41) is 4.11. The Morgan fingerprint density at radius 3 is 2.38 bits per heavy atom. The lowest BCUT2D eigenvalue weighted by Gasteiger charge is -2.52. The Morgan fingerprint density at radius 1 is 1.19 bits per heavy atom. The molecule has 3 rings (SSSR count). The molecule has 2 aromatic rings. The first-order valence-corrected chi connectivity index (χ1v) is 8.51. The van der Waals surface area contributed by atoms with Gasteiger partial charge in [-0.2, -0.15) is 5.10 Å². The van der Waals surface area contributed by atoms with Crippen molar-refractivity contribution < 1.29 is 19.1 Å². The van der Waals surface area contributed by atoms with Gasteiger partial charge in [-0.3, -0.25) is 9.59 Å². The van der Waals surface area contributed by atoms with Crippen LogP contribution in [0.2, 0.25) is 0 Å². The first-order valence-electron chi connectivity index (χ1n) is 8.51. The van der Waals surface area contributed by atoms with Crippen molar-refractivity contribution in [2.24, 2.45) is 12.5 Å². The van der Waals surface area contributed by atoms with E-state index in [1.807, 2.05) is 40.7 Å². The monoisotopic (exact) mass is 356 g/mol. The van der Waals surface area contributed by atoms with Crippen molar-refractivity contribution in [3.8, 4) is 5.88 Å². The zero-order valence-electron chi connectivity index (χ0n) is 16.3. The molecule has 1 unspecified atom stereocenters. The highest BCUT2D eigenvalue weighted by molar-refractivity contribution is 6.11. The van der Waals surface area contributed by atoms with Crippen LogP contribution in [0.1, 0.15) is 53.4 Å². The highest BCUT2D eigenvalue weighted by atomic mass is 16.6. The van der Waals surface area contributed by atoms with Crippen molar-refractivity contribution in [2.45, 2.75) is 40.2 Å². The molecule has 138 valence electrons. The van der Waals surface area contributed by atoms with Gasteiger partial charge in [-0.1, -0.05) is 12.1 Å². The maximum Gasteiger partial charge on any atom is 0.316 e. The Bertz CT molecular complexity index is 926. The van der Waals surface area contributed by atoms with Gasteiger partial charge in [0, 0.05) is 18.2 Å². The van der Waals surface area contributed by atoms with E-state index in [-0.39, 0.29) is 11.8 Å². The molecule has 0 spiro atoms. The quantitative estimate of drug-likeness (QED) is 0.622. The Balaban J connectivity index is 2.15. The predicted octanol–water partition coefficient (Wildman–Crippen LogP) is 3.07. The third-order valence-electron chi connectivity index (χ3n) is 5.72. The molecule has 1 atom stereocenters. The standard InChI is InChI=1S/C20H24N2O4/c1-11-8-9-13(16(23)14-10-21-22(6)17(14)25-7)12(2)15(11)20(5)19(3,4)18(24)26-20/h8-10H,1-7H3. The van der Waals surface area contributed by atoms with Gasteiger partial charge in [-0.15, -0.1) is 0 Å². The first kappa shape index (κ1) is 18.2. The second-order valence-corrected chi connectivity index (χ2v) is 7.50. The SMILES string of the molecule is COc1c(C(=O)c2ccc(C)c(C3(C)OC(=O)C3(C)C)c2C)cnn1C. The molecular weight excluding hydrogens is 332 g/mol. The van der Waals surface area contributed by atoms with Gasteiger partial charge < -0.3 is 9.47 Å². The molecule has 1 fully saturated rings. The fraction of sp³-hybridized carbons (Fsp3) is 0.450. The molecule has 0 N–H and O–H groups in total. The van der Waals surface area contributed by atoms with Gasteiger partial charge >= 0.3 is 5.97 Å². The number of cyclic esters (lactones) is 1. The van der Waals surface area contributed by atoms with Crippen molar-refractivity contribution in [1.29, 1.82) is 0 Å². The van der Waals surface area contributed by atoms with Crippen molar-refractivity contribution in [3.05, 3.63) is 46.1 Å². The number of rotatable bonds is 4. The van der Waals surface area contributed by atoms with Crippen molar-refractivity contribution in [3.63, 3.8) is 0 Å². The molecule has 1 aliphatic rings. The molecule has 1 saturated heterocycles. The summed E-state index contributed by atoms with van der Waals surface area (Å²) in [5.41, 5.74) is 2.21. The van der Waals surface area contributed by atoms with E-state index in [9.17, 15) is 9.59 Å². The van der Waals surface area contributed by atoms with Crippen LogP contribution in [0.4, 0.5) is 0 Å². The molecule has 1 aliphatic heterocycles. The largest absolute Gasteiger partial charge is 0.481 e. The highest BCUT2D eigenvalue weighted by Crippen LogP contribution is 2.54. The number of hydrogen-bond acceptors (Lipinski definition) is 5. The summed E-state index contributed by atoms with van der Waals surface area (Å²) in [6, 6.07) is 3.70. The number of aryl methyl sites for hydroxylation is 2. The Kier molecular flexibility index (Phi) is 3.98. The second-order valence-electron chi connectivity index (χ2n) is 7.50. The smallest absolute Gasteiger partial charge is 0.316 e. The molecule has 1 aromatic carbocycles. The van der Waals surface area contributed by atoms with Crippen LogP contribution >= 0.6 is 0 Å². The molecule has 1 aromatic heterocycles. The zero-order chi connectivity index (χ0) is 19.4. The van der Waals surface area contributed by atoms with E-state index < -0.39 is 11.0 Å². The maximum atomic E-state index is 13.1. The number of carbonyl (C=O) groups excluding carboxylic acids is 2. The maximum absolute atomic E-state index is 13.1. The van der Waals surface area contributed by atoms with Crippen LogP contribution in [0, 0.1) is 19.3 Å². The predicted molar refractivity (Wildman–Crippen MR) is 96.3 cm³/mol. The van der Waals surface area contributed by atoms with E-state index in [1.54, 1.807) is 13.1 Å². The summed E-state index contributed by atoms with van der Waals surface area (Å²) in [6.07, 6.45) is 1.51. The molecule has 0 aliphatic carbocycles. The topological polar surface area (TPSA) is 70.4 Å². The van der Waals surface area contributed by atoms with E-state index in [4.69, 9.17) is 9.47 Å². The number of ether oxygens (including phenoxy) is 2. The van der Waals surface area contributed by atoms with Crippen LogP contribution in [0.5, 0.6) is 5.88 Å². The Labute approximate surface area is 153 Å². The van der Waals surface area contributed by atoms with E-state index >= 15 is 0 Å². The molecule has 0 amide bonds. The lowest BCUT2D eigenvalue weighted by Crippen LogP contribution is -2.60. The van der Waals surface area contributed by atoms with E-state index in [1.165, 1.54) is 18.0 Å². The number of nitrogens with zero attached hydrogens (tertiary/aromatic N) is 2. The number of carbonyl (C=O) groups is 2. The van der Waals surface area contributed by atoms with Crippen LogP contribution in [0.3, 0.4) is 0 Å². The minimum absolute atomic E-state index is 0.166. The van der Waals surface area contributed by atoms with Gasteiger partial charge in [0.25, 0.3) is 0 Å². The average Bonchev–Trinajstić information content (AvgIpc) is 2.95. The molecule has 0 radical (unpaired) electrons. The Hall–Kier alpha value is -2.63. The summed E-state index contributed by atoms with van der Waals surface area (Å²) in [5.74, 6) is 0.0170. The lowest BCUT2D eigenvalue weighted by molar-refractivity contribution is -0.235. The molecule has 26 heavy (non-hydrogen) atoms. The van der Waals surface area contributed by atoms with E-state index in [2.05, 4.69) is 5.10 Å². The lowest BCUT2D eigenvalue weighted by atomic mass is 9.65. The van der Waals surface area contributed by atoms with Gasteiger partial charge in [0.1, 0.15) is 11.0 Å². The zero-order valence-corrected chi connectivity index (χ0v) is 16.3. The Morgan fingerprint density at radius 2 is 1.85 bits per heavy atom. The van der Waals surface area contributed by atoms with Gasteiger partial charge in [0.2, 0.25) is 5.88 Å². The summed E-state index contributed by atoms with van der Waals surface area (Å²) in [7, 11) is 3.24. The number of ketones is 1. The third kappa shape index (κ3) is 2.21. The normalized spacial score (nSPS) is 21.1. The van der Waals surface area contributed by atoms with Crippen LogP contribution < -0.4 is 4.74 Å². The molecular formula is C20H24N2O4. The van der Waals surface area contributed by atoms with E-state index in [0.29, 0.717) is 17.0 Å². The highest BCUT2D eigenvalue weighted by Gasteiger charge is 2.62. The molecule has 0 bridgehead atoms. The molecule has 6 heteroatoms. The number of aromatic nitrogens is 2. The van der Waals surface area contributed by atoms with Gasteiger partial charge in [0.15, 0.2) is 11.4 Å². The second kappa shape index (κ2) is 5.69. The summed E-state index contributed by atoms with van der Waals surface area (Å²) < 4.78 is 12.4. The number of methoxy groups -OCH3 is 1. The molecule has 2 heterocycles. The minimum Gasteiger partial charge on any atom is -0.481 e. The number of hydrogen-bond donors (Lipinski definition) is 0. The van der Waals surface area contributed by atoms with Crippen molar-refractivity contribution in [2.75, 3.05) is 7.11 Å². The van der Waals surface area contributed by atoms with Crippen molar-refractivity contribution >= 4 is 11.8 Å². The summed E-state index contributed by atoms with van der Waals surface area (Å²) >= 11 is 0. The first-order chi connectivity index (χ1) is 12.1. The number of esters is 1. The molecule has 6 nitrogen and oxygen atoms in total. The number of benzene rings is 1. The van der Waals surface area contributed by atoms with Gasteiger partial charge in [-0.25, -0.2) is 4.68 Å². The third-order valence-corrected chi connectivity index (χ3v) is 5.72. The molecule has 0 saturated carbocycles. The summed E-state index contributed by atoms with van der Waals surface area (Å²) in [4.78, 5) is 25.1. The fourth-order valence-corrected chi connectivity index (χ4v) is 3.75. The van der Waals surface area contributed by atoms with Gasteiger partial charge in [-0.05, 0) is 45.7 Å². The van der Waals surface area contributed by atoms with Gasteiger partial charge in [0.05, 0.1) is 13.3 Å². The van der Waals surface area contributed by atoms with E-state index in [0.717, 1.165) is 16.7 Å². The van der Waals surface area contributed by atoms with Crippen LogP contribution in [0.15, 0.2) is 18.3 Å². The average molecular weight is 356 g/mol. The fourth-order valence-electron chi connectivity index (χ4n) is 3.75. The van der Waals surface area contributed by atoms with Crippen LogP contribution in [-0.2, 0) is 22.2 Å².